The summed E-state index contributed by atoms with van der Waals surface area (Å²) in [6.45, 7) is 11.0. The maximum Gasteiger partial charge on any atom is 0.326 e. The van der Waals surface area contributed by atoms with Crippen molar-refractivity contribution in [2.75, 3.05) is 0 Å². The van der Waals surface area contributed by atoms with E-state index >= 15 is 0 Å². The molecule has 3 N–H and O–H groups in total. The van der Waals surface area contributed by atoms with Crippen molar-refractivity contribution in [1.82, 2.24) is 15.6 Å². The normalized spacial score (nSPS) is 14.4. The Labute approximate surface area is 129 Å². The largest absolute Gasteiger partial charge is 0.480 e. The zero-order chi connectivity index (χ0) is 16.4. The van der Waals surface area contributed by atoms with Gasteiger partial charge < -0.3 is 15.7 Å². The number of carboxylic acids is 1. The molecule has 0 fully saturated rings. The van der Waals surface area contributed by atoms with E-state index in [2.05, 4.69) is 15.6 Å². The summed E-state index contributed by atoms with van der Waals surface area (Å²) in [6.07, 6.45) is 0. The van der Waals surface area contributed by atoms with Crippen LogP contribution >= 0.6 is 11.3 Å². The first-order valence-corrected chi connectivity index (χ1v) is 7.57. The number of amides is 2. The second-order valence-corrected chi connectivity index (χ2v) is 7.39. The molecule has 21 heavy (non-hydrogen) atoms. The average Bonchev–Trinajstić information content (AvgIpc) is 2.63. The van der Waals surface area contributed by atoms with Crippen LogP contribution < -0.4 is 10.6 Å². The summed E-state index contributed by atoms with van der Waals surface area (Å²) in [7, 11) is 0. The summed E-state index contributed by atoms with van der Waals surface area (Å²) < 4.78 is 0. The van der Waals surface area contributed by atoms with Crippen LogP contribution in [0.25, 0.3) is 0 Å². The van der Waals surface area contributed by atoms with Gasteiger partial charge in [0.2, 0.25) is 0 Å². The SMILES string of the molecule is Cc1nc(C)c(C(C)NC(=O)N[C@H](C(=O)O)C(C)(C)C)s1. The zero-order valence-electron chi connectivity index (χ0n) is 13.3. The van der Waals surface area contributed by atoms with Crippen molar-refractivity contribution in [3.63, 3.8) is 0 Å². The van der Waals surface area contributed by atoms with E-state index in [4.69, 9.17) is 0 Å². The number of carboxylic acid groups (broad SMARTS) is 1. The molecule has 2 atom stereocenters. The fourth-order valence-electron chi connectivity index (χ4n) is 2.03. The Balaban J connectivity index is 2.73. The lowest BCUT2D eigenvalue weighted by atomic mass is 9.87. The van der Waals surface area contributed by atoms with Crippen LogP contribution in [0.3, 0.4) is 0 Å². The van der Waals surface area contributed by atoms with E-state index in [1.54, 1.807) is 20.8 Å². The first-order valence-electron chi connectivity index (χ1n) is 6.76. The highest BCUT2D eigenvalue weighted by Crippen LogP contribution is 2.24. The third-order valence-corrected chi connectivity index (χ3v) is 4.32. The van der Waals surface area contributed by atoms with Gasteiger partial charge >= 0.3 is 12.0 Å². The van der Waals surface area contributed by atoms with E-state index in [-0.39, 0.29) is 6.04 Å². The number of carbonyl (C=O) groups is 2. The van der Waals surface area contributed by atoms with E-state index < -0.39 is 23.5 Å². The third kappa shape index (κ3) is 4.70. The number of hydrogen-bond donors (Lipinski definition) is 3. The highest BCUT2D eigenvalue weighted by atomic mass is 32.1. The molecule has 1 aromatic rings. The summed E-state index contributed by atoms with van der Waals surface area (Å²) >= 11 is 1.53. The smallest absolute Gasteiger partial charge is 0.326 e. The second kappa shape index (κ2) is 6.43. The van der Waals surface area contributed by atoms with Gasteiger partial charge in [-0.25, -0.2) is 14.6 Å². The summed E-state index contributed by atoms with van der Waals surface area (Å²) in [5.74, 6) is -1.05. The lowest BCUT2D eigenvalue weighted by Crippen LogP contribution is -2.52. The Morgan fingerprint density at radius 3 is 2.19 bits per heavy atom. The molecular weight excluding hydrogens is 290 g/mol. The van der Waals surface area contributed by atoms with Crippen LogP contribution in [0.1, 0.15) is 49.3 Å². The molecule has 7 heteroatoms. The molecule has 0 aromatic carbocycles. The number of aromatic nitrogens is 1. The molecule has 0 aliphatic rings. The van der Waals surface area contributed by atoms with E-state index in [1.165, 1.54) is 11.3 Å². The molecule has 0 aliphatic carbocycles. The molecule has 1 heterocycles. The fourth-order valence-corrected chi connectivity index (χ4v) is 2.96. The quantitative estimate of drug-likeness (QED) is 0.797. The topological polar surface area (TPSA) is 91.3 Å². The summed E-state index contributed by atoms with van der Waals surface area (Å²) in [5.41, 5.74) is 0.319. The predicted octanol–water partition coefficient (Wildman–Crippen LogP) is 2.62. The molecule has 118 valence electrons. The third-order valence-electron chi connectivity index (χ3n) is 3.07. The number of nitrogens with one attached hydrogen (secondary N) is 2. The predicted molar refractivity (Wildman–Crippen MR) is 82.5 cm³/mol. The van der Waals surface area contributed by atoms with E-state index in [9.17, 15) is 14.7 Å². The standard InChI is InChI=1S/C14H23N3O3S/c1-7-10(21-9(3)15-7)8(2)16-13(20)17-11(12(18)19)14(4,5)6/h8,11H,1-6H3,(H,18,19)(H2,16,17,20)/t8?,11-/m1/s1. The van der Waals surface area contributed by atoms with Gasteiger partial charge in [0.15, 0.2) is 0 Å². The van der Waals surface area contributed by atoms with Crippen molar-refractivity contribution < 1.29 is 14.7 Å². The monoisotopic (exact) mass is 313 g/mol. The Hall–Kier alpha value is -1.63. The molecule has 0 spiro atoms. The van der Waals surface area contributed by atoms with Crippen LogP contribution in [-0.2, 0) is 4.79 Å². The Morgan fingerprint density at radius 2 is 1.81 bits per heavy atom. The van der Waals surface area contributed by atoms with E-state index in [0.717, 1.165) is 15.6 Å². The molecule has 0 saturated heterocycles. The van der Waals surface area contributed by atoms with Gasteiger partial charge in [0.25, 0.3) is 0 Å². The van der Waals surface area contributed by atoms with Crippen LogP contribution in [0.15, 0.2) is 0 Å². The van der Waals surface area contributed by atoms with E-state index in [1.807, 2.05) is 20.8 Å². The Kier molecular flexibility index (Phi) is 5.33. The number of aryl methyl sites for hydroxylation is 2. The van der Waals surface area contributed by atoms with Crippen LogP contribution in [0, 0.1) is 19.3 Å². The van der Waals surface area contributed by atoms with Crippen LogP contribution in [0.2, 0.25) is 0 Å². The van der Waals surface area contributed by atoms with Gasteiger partial charge in [-0.2, -0.15) is 0 Å². The van der Waals surface area contributed by atoms with Crippen molar-refractivity contribution in [3.05, 3.63) is 15.6 Å². The van der Waals surface area contributed by atoms with Gasteiger partial charge in [-0.1, -0.05) is 20.8 Å². The highest BCUT2D eigenvalue weighted by molar-refractivity contribution is 7.11. The lowest BCUT2D eigenvalue weighted by Gasteiger charge is -2.28. The average molecular weight is 313 g/mol. The minimum atomic E-state index is -1.05. The van der Waals surface area contributed by atoms with Gasteiger partial charge in [0, 0.05) is 4.88 Å². The molecule has 0 radical (unpaired) electrons. The second-order valence-electron chi connectivity index (χ2n) is 6.16. The van der Waals surface area contributed by atoms with Crippen molar-refractivity contribution in [1.29, 1.82) is 0 Å². The minimum absolute atomic E-state index is 0.217. The van der Waals surface area contributed by atoms with Gasteiger partial charge in [0.05, 0.1) is 16.7 Å². The molecule has 0 bridgehead atoms. The Bertz CT molecular complexity index is 534. The molecule has 2 amide bonds. The fraction of sp³-hybridized carbons (Fsp3) is 0.643. The molecule has 6 nitrogen and oxygen atoms in total. The molecular formula is C14H23N3O3S. The molecule has 1 aromatic heterocycles. The van der Waals surface area contributed by atoms with Crippen LogP contribution in [0.5, 0.6) is 0 Å². The number of urea groups is 1. The zero-order valence-corrected chi connectivity index (χ0v) is 14.1. The summed E-state index contributed by atoms with van der Waals surface area (Å²) in [5, 5.41) is 15.4. The number of thiazole rings is 1. The molecule has 1 unspecified atom stereocenters. The van der Waals surface area contributed by atoms with Gasteiger partial charge in [-0.15, -0.1) is 11.3 Å². The molecule has 1 rings (SSSR count). The van der Waals surface area contributed by atoms with Gasteiger partial charge in [-0.05, 0) is 26.2 Å². The first-order chi connectivity index (χ1) is 9.52. The highest BCUT2D eigenvalue weighted by Gasteiger charge is 2.33. The van der Waals surface area contributed by atoms with Crippen molar-refractivity contribution in [2.45, 2.75) is 53.6 Å². The van der Waals surface area contributed by atoms with Crippen molar-refractivity contribution in [3.8, 4) is 0 Å². The maximum atomic E-state index is 12.0. The first kappa shape index (κ1) is 17.4. The summed E-state index contributed by atoms with van der Waals surface area (Å²) in [4.78, 5) is 28.5. The van der Waals surface area contributed by atoms with Crippen molar-refractivity contribution >= 4 is 23.3 Å². The number of carbonyl (C=O) groups excluding carboxylic acids is 1. The van der Waals surface area contributed by atoms with Gasteiger partial charge in [-0.3, -0.25) is 0 Å². The minimum Gasteiger partial charge on any atom is -0.480 e. The Morgan fingerprint density at radius 1 is 1.24 bits per heavy atom. The molecule has 0 saturated carbocycles. The van der Waals surface area contributed by atoms with Crippen LogP contribution in [-0.4, -0.2) is 28.1 Å². The van der Waals surface area contributed by atoms with Crippen molar-refractivity contribution in [2.24, 2.45) is 5.41 Å². The lowest BCUT2D eigenvalue weighted by molar-refractivity contribution is -0.141. The maximum absolute atomic E-state index is 12.0. The molecule has 0 aliphatic heterocycles. The summed E-state index contributed by atoms with van der Waals surface area (Å²) in [6, 6.07) is -1.66. The number of nitrogens with zero attached hydrogens (tertiary/aromatic N) is 1. The van der Waals surface area contributed by atoms with Gasteiger partial charge in [0.1, 0.15) is 6.04 Å². The number of hydrogen-bond acceptors (Lipinski definition) is 4. The number of aliphatic carboxylic acids is 1. The van der Waals surface area contributed by atoms with E-state index in [0.29, 0.717) is 0 Å². The van der Waals surface area contributed by atoms with Crippen LogP contribution in [0.4, 0.5) is 4.79 Å². The number of rotatable bonds is 4.